The zero-order valence-electron chi connectivity index (χ0n) is 15.2. The van der Waals surface area contributed by atoms with E-state index >= 15 is 0 Å². The Morgan fingerprint density at radius 1 is 1.27 bits per heavy atom. The van der Waals surface area contributed by atoms with Crippen molar-refractivity contribution in [3.8, 4) is 0 Å². The molecule has 8 heteroatoms. The van der Waals surface area contributed by atoms with Gasteiger partial charge in [0.1, 0.15) is 0 Å². The molecule has 0 saturated carbocycles. The van der Waals surface area contributed by atoms with Crippen molar-refractivity contribution in [2.24, 2.45) is 5.92 Å². The lowest BCUT2D eigenvalue weighted by atomic mass is 9.97. The lowest BCUT2D eigenvalue weighted by molar-refractivity contribution is -0.126. The van der Waals surface area contributed by atoms with Crippen LogP contribution in [0.2, 0.25) is 0 Å². The molecule has 1 aromatic carbocycles. The standard InChI is InChI=1S/C18H25N3O4S/c1-3-8-19-18(23)13-6-9-21(10-7-13)26(24,25)15-4-5-16-14(11-15)12-17(22)20(16)2/h4-5,11,13H,3,6-10,12H2,1-2H3,(H,19,23). The minimum Gasteiger partial charge on any atom is -0.356 e. The Hall–Kier alpha value is -1.93. The maximum Gasteiger partial charge on any atom is 0.243 e. The van der Waals surface area contributed by atoms with E-state index in [0.29, 0.717) is 32.5 Å². The van der Waals surface area contributed by atoms with Crippen LogP contribution in [-0.2, 0) is 26.0 Å². The van der Waals surface area contributed by atoms with Crippen LogP contribution in [0.5, 0.6) is 0 Å². The fraction of sp³-hybridized carbons (Fsp3) is 0.556. The van der Waals surface area contributed by atoms with Crippen LogP contribution >= 0.6 is 0 Å². The molecule has 1 saturated heterocycles. The van der Waals surface area contributed by atoms with Crippen LogP contribution in [0.25, 0.3) is 0 Å². The van der Waals surface area contributed by atoms with Gasteiger partial charge in [-0.15, -0.1) is 0 Å². The van der Waals surface area contributed by atoms with Crippen LogP contribution in [-0.4, -0.2) is 51.2 Å². The maximum absolute atomic E-state index is 12.9. The summed E-state index contributed by atoms with van der Waals surface area (Å²) >= 11 is 0. The average Bonchev–Trinajstić information content (AvgIpc) is 2.93. The van der Waals surface area contributed by atoms with Gasteiger partial charge in [-0.1, -0.05) is 6.92 Å². The second-order valence-corrected chi connectivity index (χ2v) is 8.83. The van der Waals surface area contributed by atoms with Crippen LogP contribution in [0.1, 0.15) is 31.7 Å². The van der Waals surface area contributed by atoms with Gasteiger partial charge < -0.3 is 10.2 Å². The third kappa shape index (κ3) is 3.48. The first-order valence-corrected chi connectivity index (χ1v) is 10.5. The monoisotopic (exact) mass is 379 g/mol. The predicted molar refractivity (Wildman–Crippen MR) is 98.3 cm³/mol. The Morgan fingerprint density at radius 2 is 1.96 bits per heavy atom. The van der Waals surface area contributed by atoms with E-state index in [2.05, 4.69) is 5.32 Å². The number of sulfonamides is 1. The highest BCUT2D eigenvalue weighted by Crippen LogP contribution is 2.31. The second kappa shape index (κ2) is 7.36. The SMILES string of the molecule is CCCNC(=O)C1CCN(S(=O)(=O)c2ccc3c(c2)CC(=O)N3C)CC1. The molecule has 2 aliphatic heterocycles. The molecule has 7 nitrogen and oxygen atoms in total. The fourth-order valence-electron chi connectivity index (χ4n) is 3.51. The summed E-state index contributed by atoms with van der Waals surface area (Å²) in [6.07, 6.45) is 2.17. The molecule has 2 amide bonds. The van der Waals surface area contributed by atoms with E-state index in [4.69, 9.17) is 0 Å². The number of nitrogens with zero attached hydrogens (tertiary/aromatic N) is 2. The van der Waals surface area contributed by atoms with E-state index in [-0.39, 0.29) is 29.0 Å². The van der Waals surface area contributed by atoms with Crippen molar-refractivity contribution >= 4 is 27.5 Å². The first-order valence-electron chi connectivity index (χ1n) is 9.02. The number of carbonyl (C=O) groups is 2. The molecular formula is C18H25N3O4S. The van der Waals surface area contributed by atoms with Crippen molar-refractivity contribution in [3.05, 3.63) is 23.8 Å². The van der Waals surface area contributed by atoms with Crippen LogP contribution in [0, 0.1) is 5.92 Å². The van der Waals surface area contributed by atoms with E-state index in [9.17, 15) is 18.0 Å². The predicted octanol–water partition coefficient (Wildman–Crippen LogP) is 1.13. The molecule has 26 heavy (non-hydrogen) atoms. The summed E-state index contributed by atoms with van der Waals surface area (Å²) in [5.74, 6) is -0.143. The molecule has 1 aromatic rings. The third-order valence-electron chi connectivity index (χ3n) is 5.14. The third-order valence-corrected chi connectivity index (χ3v) is 7.03. The van der Waals surface area contributed by atoms with Gasteiger partial charge in [-0.2, -0.15) is 4.31 Å². The minimum absolute atomic E-state index is 0.0166. The number of rotatable bonds is 5. The highest BCUT2D eigenvalue weighted by Gasteiger charge is 2.33. The van der Waals surface area contributed by atoms with Crippen LogP contribution in [0.3, 0.4) is 0 Å². The summed E-state index contributed by atoms with van der Waals surface area (Å²) in [6, 6.07) is 4.85. The summed E-state index contributed by atoms with van der Waals surface area (Å²) in [5, 5.41) is 2.88. The molecule has 1 fully saturated rings. The summed E-state index contributed by atoms with van der Waals surface area (Å²) in [4.78, 5) is 25.6. The Labute approximate surface area is 154 Å². The van der Waals surface area contributed by atoms with E-state index in [1.807, 2.05) is 6.92 Å². The summed E-state index contributed by atoms with van der Waals surface area (Å²) in [6.45, 7) is 3.32. The number of nitrogens with one attached hydrogen (secondary N) is 1. The zero-order valence-corrected chi connectivity index (χ0v) is 16.0. The molecule has 0 aromatic heterocycles. The summed E-state index contributed by atoms with van der Waals surface area (Å²) in [5.41, 5.74) is 1.51. The van der Waals surface area contributed by atoms with Crippen LogP contribution in [0.15, 0.2) is 23.1 Å². The van der Waals surface area contributed by atoms with Crippen molar-refractivity contribution in [3.63, 3.8) is 0 Å². The molecule has 2 heterocycles. The van der Waals surface area contributed by atoms with Gasteiger partial charge in [0.25, 0.3) is 0 Å². The molecular weight excluding hydrogens is 354 g/mol. The minimum atomic E-state index is -3.61. The highest BCUT2D eigenvalue weighted by molar-refractivity contribution is 7.89. The van der Waals surface area contributed by atoms with Gasteiger partial charge in [-0.05, 0) is 43.0 Å². The van der Waals surface area contributed by atoms with Crippen molar-refractivity contribution in [1.82, 2.24) is 9.62 Å². The number of anilines is 1. The molecule has 0 aliphatic carbocycles. The second-order valence-electron chi connectivity index (χ2n) is 6.89. The Bertz CT molecular complexity index is 814. The number of hydrogen-bond acceptors (Lipinski definition) is 4. The first-order chi connectivity index (χ1) is 12.3. The largest absolute Gasteiger partial charge is 0.356 e. The van der Waals surface area contributed by atoms with Crippen molar-refractivity contribution in [1.29, 1.82) is 0 Å². The number of hydrogen-bond donors (Lipinski definition) is 1. The van der Waals surface area contributed by atoms with E-state index in [0.717, 1.165) is 17.7 Å². The lowest BCUT2D eigenvalue weighted by Crippen LogP contribution is -2.43. The summed E-state index contributed by atoms with van der Waals surface area (Å²) < 4.78 is 27.3. The lowest BCUT2D eigenvalue weighted by Gasteiger charge is -2.30. The molecule has 0 unspecified atom stereocenters. The zero-order chi connectivity index (χ0) is 18.9. The van der Waals surface area contributed by atoms with Gasteiger partial charge in [0.2, 0.25) is 21.8 Å². The van der Waals surface area contributed by atoms with Crippen molar-refractivity contribution in [2.45, 2.75) is 37.5 Å². The fourth-order valence-corrected chi connectivity index (χ4v) is 5.03. The first kappa shape index (κ1) is 18.8. The Morgan fingerprint density at radius 3 is 2.62 bits per heavy atom. The number of amides is 2. The quantitative estimate of drug-likeness (QED) is 0.831. The molecule has 2 aliphatic rings. The maximum atomic E-state index is 12.9. The van der Waals surface area contributed by atoms with Gasteiger partial charge in [0, 0.05) is 38.3 Å². The average molecular weight is 379 g/mol. The van der Waals surface area contributed by atoms with Crippen LogP contribution < -0.4 is 10.2 Å². The van der Waals surface area contributed by atoms with Gasteiger partial charge >= 0.3 is 0 Å². The Kier molecular flexibility index (Phi) is 5.34. The van der Waals surface area contributed by atoms with Crippen molar-refractivity contribution < 1.29 is 18.0 Å². The molecule has 0 atom stereocenters. The molecule has 3 rings (SSSR count). The highest BCUT2D eigenvalue weighted by atomic mass is 32.2. The number of piperidine rings is 1. The molecule has 0 bridgehead atoms. The van der Waals surface area contributed by atoms with E-state index < -0.39 is 10.0 Å². The molecule has 0 radical (unpaired) electrons. The van der Waals surface area contributed by atoms with Gasteiger partial charge in [-0.3, -0.25) is 9.59 Å². The number of likely N-dealkylation sites (N-methyl/N-ethyl adjacent to an activating group) is 1. The smallest absolute Gasteiger partial charge is 0.243 e. The van der Waals surface area contributed by atoms with E-state index in [1.54, 1.807) is 30.1 Å². The summed E-state index contributed by atoms with van der Waals surface area (Å²) in [7, 11) is -1.92. The molecule has 142 valence electrons. The van der Waals surface area contributed by atoms with Gasteiger partial charge in [0.05, 0.1) is 11.3 Å². The van der Waals surface area contributed by atoms with E-state index in [1.165, 1.54) is 4.31 Å². The number of fused-ring (bicyclic) bond motifs is 1. The number of carbonyl (C=O) groups excluding carboxylic acids is 2. The van der Waals surface area contributed by atoms with Crippen molar-refractivity contribution in [2.75, 3.05) is 31.6 Å². The van der Waals surface area contributed by atoms with Gasteiger partial charge in [0.15, 0.2) is 0 Å². The molecule has 0 spiro atoms. The Balaban J connectivity index is 1.70. The van der Waals surface area contributed by atoms with Crippen LogP contribution in [0.4, 0.5) is 5.69 Å². The normalized spacial score (nSPS) is 18.8. The molecule has 1 N–H and O–H groups in total. The topological polar surface area (TPSA) is 86.8 Å². The van der Waals surface area contributed by atoms with Gasteiger partial charge in [-0.25, -0.2) is 8.42 Å². The number of benzene rings is 1.